The molecule has 0 saturated heterocycles. The second-order valence-electron chi connectivity index (χ2n) is 3.45. The largest absolute Gasteiger partial charge is 0.456 e. The molecule has 0 aliphatic heterocycles. The fourth-order valence-electron chi connectivity index (χ4n) is 1.31. The first-order valence-electron chi connectivity index (χ1n) is 4.94. The first-order chi connectivity index (χ1) is 8.54. The highest BCUT2D eigenvalue weighted by Crippen LogP contribution is 2.25. The summed E-state index contributed by atoms with van der Waals surface area (Å²) in [7, 11) is 0. The molecular formula is C12H8BrFN2OS. The number of rotatable bonds is 3. The van der Waals surface area contributed by atoms with E-state index in [-0.39, 0.29) is 10.8 Å². The summed E-state index contributed by atoms with van der Waals surface area (Å²) in [4.78, 5) is 4.24. The molecule has 0 spiro atoms. The smallest absolute Gasteiger partial charge is 0.145 e. The Morgan fingerprint density at radius 2 is 2.06 bits per heavy atom. The molecule has 2 aromatic rings. The van der Waals surface area contributed by atoms with Gasteiger partial charge in [0.2, 0.25) is 0 Å². The Labute approximate surface area is 117 Å². The molecule has 0 atom stereocenters. The van der Waals surface area contributed by atoms with Gasteiger partial charge in [-0.05, 0) is 24.3 Å². The number of hydrogen-bond acceptors (Lipinski definition) is 3. The molecule has 0 saturated carbocycles. The van der Waals surface area contributed by atoms with Gasteiger partial charge in [0.15, 0.2) is 0 Å². The number of ether oxygens (including phenoxy) is 1. The minimum Gasteiger partial charge on any atom is -0.456 e. The average molecular weight is 327 g/mol. The summed E-state index contributed by atoms with van der Waals surface area (Å²) in [5.41, 5.74) is 5.94. The quantitative estimate of drug-likeness (QED) is 0.878. The van der Waals surface area contributed by atoms with Gasteiger partial charge in [-0.15, -0.1) is 0 Å². The second kappa shape index (κ2) is 5.41. The summed E-state index contributed by atoms with van der Waals surface area (Å²) in [5, 5.41) is 0. The third-order valence-electron chi connectivity index (χ3n) is 2.06. The van der Waals surface area contributed by atoms with E-state index < -0.39 is 0 Å². The number of aromatic nitrogens is 1. The van der Waals surface area contributed by atoms with Crippen molar-refractivity contribution in [2.24, 2.45) is 5.73 Å². The van der Waals surface area contributed by atoms with Crippen molar-refractivity contribution in [3.8, 4) is 11.5 Å². The predicted molar refractivity (Wildman–Crippen MR) is 74.3 cm³/mol. The maximum atomic E-state index is 13.1. The van der Waals surface area contributed by atoms with Crippen molar-refractivity contribution in [3.05, 3.63) is 52.5 Å². The van der Waals surface area contributed by atoms with Crippen molar-refractivity contribution in [1.82, 2.24) is 4.98 Å². The lowest BCUT2D eigenvalue weighted by Gasteiger charge is -2.06. The molecule has 0 fully saturated rings. The van der Waals surface area contributed by atoms with Crippen molar-refractivity contribution in [2.45, 2.75) is 0 Å². The highest BCUT2D eigenvalue weighted by molar-refractivity contribution is 9.10. The first-order valence-corrected chi connectivity index (χ1v) is 6.14. The van der Waals surface area contributed by atoms with Crippen LogP contribution in [-0.2, 0) is 0 Å². The van der Waals surface area contributed by atoms with Gasteiger partial charge in [0, 0.05) is 10.5 Å². The van der Waals surface area contributed by atoms with Gasteiger partial charge < -0.3 is 10.5 Å². The maximum absolute atomic E-state index is 13.1. The van der Waals surface area contributed by atoms with Crippen molar-refractivity contribution in [2.75, 3.05) is 0 Å². The van der Waals surface area contributed by atoms with Crippen LogP contribution in [0.5, 0.6) is 11.5 Å². The lowest BCUT2D eigenvalue weighted by Crippen LogP contribution is -2.10. The van der Waals surface area contributed by atoms with E-state index in [1.807, 2.05) is 0 Å². The normalized spacial score (nSPS) is 10.1. The van der Waals surface area contributed by atoms with Gasteiger partial charge in [-0.3, -0.25) is 0 Å². The van der Waals surface area contributed by atoms with E-state index in [0.717, 1.165) is 0 Å². The highest BCUT2D eigenvalue weighted by Gasteiger charge is 2.03. The van der Waals surface area contributed by atoms with Crippen LogP contribution in [0.4, 0.5) is 4.39 Å². The molecule has 3 nitrogen and oxygen atoms in total. The summed E-state index contributed by atoms with van der Waals surface area (Å²) in [6.07, 6.45) is 1.48. The molecule has 18 heavy (non-hydrogen) atoms. The standard InChI is InChI=1S/C12H8BrFN2OS/c13-7-3-8(14)5-10(4-7)17-9-1-2-11(12(15)18)16-6-9/h1-6H,(H2,15,18). The van der Waals surface area contributed by atoms with Crippen LogP contribution in [0.15, 0.2) is 41.0 Å². The Balaban J connectivity index is 2.20. The van der Waals surface area contributed by atoms with Gasteiger partial charge in [0.25, 0.3) is 0 Å². The van der Waals surface area contributed by atoms with Crippen LogP contribution < -0.4 is 10.5 Å². The number of hydrogen-bond donors (Lipinski definition) is 1. The summed E-state index contributed by atoms with van der Waals surface area (Å²) >= 11 is 7.98. The van der Waals surface area contributed by atoms with E-state index in [0.29, 0.717) is 21.7 Å². The minimum absolute atomic E-state index is 0.218. The monoisotopic (exact) mass is 326 g/mol. The molecule has 2 N–H and O–H groups in total. The molecule has 1 aromatic carbocycles. The Hall–Kier alpha value is -1.53. The number of pyridine rings is 1. The second-order valence-corrected chi connectivity index (χ2v) is 4.81. The fourth-order valence-corrected chi connectivity index (χ4v) is 1.88. The van der Waals surface area contributed by atoms with E-state index in [4.69, 9.17) is 22.7 Å². The Kier molecular flexibility index (Phi) is 3.88. The van der Waals surface area contributed by atoms with Crippen LogP contribution in [0.2, 0.25) is 0 Å². The molecule has 92 valence electrons. The lowest BCUT2D eigenvalue weighted by atomic mass is 10.3. The molecule has 0 aliphatic carbocycles. The van der Waals surface area contributed by atoms with Crippen LogP contribution in [0.25, 0.3) is 0 Å². The Morgan fingerprint density at radius 1 is 1.28 bits per heavy atom. The van der Waals surface area contributed by atoms with Crippen LogP contribution in [-0.4, -0.2) is 9.97 Å². The van der Waals surface area contributed by atoms with Gasteiger partial charge in [-0.2, -0.15) is 0 Å². The van der Waals surface area contributed by atoms with Crippen molar-refractivity contribution >= 4 is 33.1 Å². The molecule has 0 amide bonds. The molecule has 0 aliphatic rings. The van der Waals surface area contributed by atoms with Crippen LogP contribution in [0.1, 0.15) is 5.69 Å². The van der Waals surface area contributed by atoms with Crippen LogP contribution >= 0.6 is 28.1 Å². The van der Waals surface area contributed by atoms with E-state index in [9.17, 15) is 4.39 Å². The molecule has 0 radical (unpaired) electrons. The number of thiocarbonyl (C=S) groups is 1. The van der Waals surface area contributed by atoms with Gasteiger partial charge in [-0.1, -0.05) is 28.1 Å². The molecule has 0 unspecified atom stereocenters. The first kappa shape index (κ1) is 12.9. The van der Waals surface area contributed by atoms with Gasteiger partial charge in [0.1, 0.15) is 22.3 Å². The molecule has 0 bridgehead atoms. The number of nitrogens with two attached hydrogens (primary N) is 1. The van der Waals surface area contributed by atoms with Crippen LogP contribution in [0, 0.1) is 5.82 Å². The third-order valence-corrected chi connectivity index (χ3v) is 2.73. The van der Waals surface area contributed by atoms with Gasteiger partial charge in [0.05, 0.1) is 11.9 Å². The summed E-state index contributed by atoms with van der Waals surface area (Å²) in [6, 6.07) is 7.60. The molecule has 6 heteroatoms. The zero-order valence-corrected chi connectivity index (χ0v) is 11.5. The zero-order chi connectivity index (χ0) is 13.1. The SMILES string of the molecule is NC(=S)c1ccc(Oc2cc(F)cc(Br)c2)cn1. The van der Waals surface area contributed by atoms with Gasteiger partial charge in [-0.25, -0.2) is 9.37 Å². The third kappa shape index (κ3) is 3.24. The van der Waals surface area contributed by atoms with Crippen molar-refractivity contribution < 1.29 is 9.13 Å². The summed E-state index contributed by atoms with van der Waals surface area (Å²) in [5.74, 6) is 0.478. The number of nitrogens with zero attached hydrogens (tertiary/aromatic N) is 1. The maximum Gasteiger partial charge on any atom is 0.145 e. The molecule has 1 heterocycles. The van der Waals surface area contributed by atoms with E-state index in [2.05, 4.69) is 20.9 Å². The fraction of sp³-hybridized carbons (Fsp3) is 0. The summed E-state index contributed by atoms with van der Waals surface area (Å²) < 4.78 is 19.2. The van der Waals surface area contributed by atoms with E-state index in [1.165, 1.54) is 18.3 Å². The van der Waals surface area contributed by atoms with E-state index >= 15 is 0 Å². The topological polar surface area (TPSA) is 48.1 Å². The van der Waals surface area contributed by atoms with Crippen molar-refractivity contribution in [3.63, 3.8) is 0 Å². The zero-order valence-electron chi connectivity index (χ0n) is 9.06. The molecule has 1 aromatic heterocycles. The molecular weight excluding hydrogens is 319 g/mol. The Morgan fingerprint density at radius 3 is 2.61 bits per heavy atom. The number of halogens is 2. The lowest BCUT2D eigenvalue weighted by molar-refractivity contribution is 0.474. The van der Waals surface area contributed by atoms with E-state index in [1.54, 1.807) is 18.2 Å². The predicted octanol–water partition coefficient (Wildman–Crippen LogP) is 3.41. The molecule has 2 rings (SSSR count). The van der Waals surface area contributed by atoms with Gasteiger partial charge >= 0.3 is 0 Å². The Bertz CT molecular complexity index is 569. The van der Waals surface area contributed by atoms with Crippen LogP contribution in [0.3, 0.4) is 0 Å². The summed E-state index contributed by atoms with van der Waals surface area (Å²) in [6.45, 7) is 0. The minimum atomic E-state index is -0.382. The highest BCUT2D eigenvalue weighted by atomic mass is 79.9. The number of benzene rings is 1. The van der Waals surface area contributed by atoms with Crippen molar-refractivity contribution in [1.29, 1.82) is 0 Å². The average Bonchev–Trinajstić information content (AvgIpc) is 2.28.